The summed E-state index contributed by atoms with van der Waals surface area (Å²) in [6.07, 6.45) is 3.32. The van der Waals surface area contributed by atoms with Gasteiger partial charge in [-0.25, -0.2) is 4.79 Å². The van der Waals surface area contributed by atoms with Gasteiger partial charge in [-0.15, -0.1) is 0 Å². The molecule has 5 nitrogen and oxygen atoms in total. The Morgan fingerprint density at radius 2 is 1.80 bits per heavy atom. The van der Waals surface area contributed by atoms with Crippen molar-refractivity contribution in [1.29, 1.82) is 0 Å². The van der Waals surface area contributed by atoms with Crippen LogP contribution in [-0.4, -0.2) is 43.0 Å². The average Bonchev–Trinajstić information content (AvgIpc) is 2.27. The summed E-state index contributed by atoms with van der Waals surface area (Å²) in [6.45, 7) is 4.13. The Morgan fingerprint density at radius 3 is 2.40 bits per heavy atom. The zero-order chi connectivity index (χ0) is 11.1. The van der Waals surface area contributed by atoms with Crippen molar-refractivity contribution in [2.75, 3.05) is 26.2 Å². The van der Waals surface area contributed by atoms with Crippen molar-refractivity contribution >= 4 is 11.9 Å². The first kappa shape index (κ1) is 11.8. The molecule has 1 heterocycles. The van der Waals surface area contributed by atoms with Crippen molar-refractivity contribution < 1.29 is 9.59 Å². The van der Waals surface area contributed by atoms with Crippen LogP contribution >= 0.6 is 0 Å². The number of likely N-dealkylation sites (tertiary alicyclic amines) is 1. The van der Waals surface area contributed by atoms with Gasteiger partial charge < -0.3 is 15.5 Å². The van der Waals surface area contributed by atoms with Crippen LogP contribution < -0.4 is 10.6 Å². The van der Waals surface area contributed by atoms with Gasteiger partial charge in [-0.3, -0.25) is 4.79 Å². The second kappa shape index (κ2) is 6.27. The Kier molecular flexibility index (Phi) is 4.93. The first-order valence-electron chi connectivity index (χ1n) is 5.53. The third kappa shape index (κ3) is 4.18. The lowest BCUT2D eigenvalue weighted by Gasteiger charge is -2.26. The largest absolute Gasteiger partial charge is 0.355 e. The SMILES string of the molecule is CCNC(=O)CNC(=O)N1CCCCC1. The van der Waals surface area contributed by atoms with Crippen molar-refractivity contribution in [1.82, 2.24) is 15.5 Å². The number of rotatable bonds is 3. The maximum atomic E-state index is 11.5. The fourth-order valence-corrected chi connectivity index (χ4v) is 1.62. The minimum Gasteiger partial charge on any atom is -0.355 e. The maximum Gasteiger partial charge on any atom is 0.317 e. The van der Waals surface area contributed by atoms with Gasteiger partial charge in [-0.2, -0.15) is 0 Å². The van der Waals surface area contributed by atoms with Gasteiger partial charge >= 0.3 is 6.03 Å². The average molecular weight is 213 g/mol. The van der Waals surface area contributed by atoms with Crippen LogP contribution in [0.4, 0.5) is 4.79 Å². The molecular weight excluding hydrogens is 194 g/mol. The molecule has 0 aromatic heterocycles. The van der Waals surface area contributed by atoms with Gasteiger partial charge in [-0.05, 0) is 26.2 Å². The van der Waals surface area contributed by atoms with Crippen molar-refractivity contribution in [3.8, 4) is 0 Å². The van der Waals surface area contributed by atoms with E-state index in [1.807, 2.05) is 6.92 Å². The van der Waals surface area contributed by atoms with Crippen LogP contribution in [-0.2, 0) is 4.79 Å². The molecule has 0 saturated carbocycles. The highest BCUT2D eigenvalue weighted by molar-refractivity contribution is 5.83. The first-order valence-corrected chi connectivity index (χ1v) is 5.53. The monoisotopic (exact) mass is 213 g/mol. The highest BCUT2D eigenvalue weighted by Crippen LogP contribution is 2.07. The summed E-state index contributed by atoms with van der Waals surface area (Å²) in [7, 11) is 0. The normalized spacial score (nSPS) is 15.9. The lowest BCUT2D eigenvalue weighted by atomic mass is 10.1. The number of likely N-dealkylation sites (N-methyl/N-ethyl adjacent to an activating group) is 1. The summed E-state index contributed by atoms with van der Waals surface area (Å²) in [4.78, 5) is 24.4. The molecular formula is C10H19N3O2. The van der Waals surface area contributed by atoms with Crippen molar-refractivity contribution in [2.24, 2.45) is 0 Å². The van der Waals surface area contributed by atoms with Crippen LogP contribution in [0.25, 0.3) is 0 Å². The Hall–Kier alpha value is -1.26. The van der Waals surface area contributed by atoms with E-state index in [0.717, 1.165) is 25.9 Å². The van der Waals surface area contributed by atoms with Gasteiger partial charge in [0.1, 0.15) is 0 Å². The number of nitrogens with zero attached hydrogens (tertiary/aromatic N) is 1. The van der Waals surface area contributed by atoms with Crippen LogP contribution in [0.15, 0.2) is 0 Å². The van der Waals surface area contributed by atoms with Crippen molar-refractivity contribution in [3.05, 3.63) is 0 Å². The molecule has 0 aromatic carbocycles. The minimum absolute atomic E-state index is 0.0726. The molecule has 15 heavy (non-hydrogen) atoms. The number of nitrogens with one attached hydrogen (secondary N) is 2. The molecule has 0 atom stereocenters. The lowest BCUT2D eigenvalue weighted by molar-refractivity contribution is -0.120. The summed E-state index contributed by atoms with van der Waals surface area (Å²) in [5.41, 5.74) is 0. The Balaban J connectivity index is 2.19. The van der Waals surface area contributed by atoms with E-state index in [9.17, 15) is 9.59 Å². The highest BCUT2D eigenvalue weighted by atomic mass is 16.2. The number of hydrogen-bond acceptors (Lipinski definition) is 2. The van der Waals surface area contributed by atoms with Gasteiger partial charge in [0, 0.05) is 19.6 Å². The second-order valence-electron chi connectivity index (χ2n) is 3.66. The molecule has 1 fully saturated rings. The topological polar surface area (TPSA) is 61.4 Å². The lowest BCUT2D eigenvalue weighted by Crippen LogP contribution is -2.46. The Bertz CT molecular complexity index is 225. The standard InChI is InChI=1S/C10H19N3O2/c1-2-11-9(14)8-12-10(15)13-6-4-3-5-7-13/h2-8H2,1H3,(H,11,14)(H,12,15). The zero-order valence-corrected chi connectivity index (χ0v) is 9.21. The summed E-state index contributed by atoms with van der Waals surface area (Å²) >= 11 is 0. The van der Waals surface area contributed by atoms with Crippen LogP contribution in [0.1, 0.15) is 26.2 Å². The highest BCUT2D eigenvalue weighted by Gasteiger charge is 2.16. The number of amides is 3. The molecule has 3 amide bonds. The molecule has 0 bridgehead atoms. The Morgan fingerprint density at radius 1 is 1.13 bits per heavy atom. The summed E-state index contributed by atoms with van der Waals surface area (Å²) in [5, 5.41) is 5.24. The molecule has 2 N–H and O–H groups in total. The summed E-state index contributed by atoms with van der Waals surface area (Å²) in [5.74, 6) is -0.136. The number of urea groups is 1. The molecule has 0 radical (unpaired) electrons. The quantitative estimate of drug-likeness (QED) is 0.709. The van der Waals surface area contributed by atoms with Gasteiger partial charge in [0.25, 0.3) is 0 Å². The van der Waals surface area contributed by atoms with Gasteiger partial charge in [0.2, 0.25) is 5.91 Å². The van der Waals surface area contributed by atoms with Crippen molar-refractivity contribution in [2.45, 2.75) is 26.2 Å². The summed E-state index contributed by atoms with van der Waals surface area (Å²) in [6, 6.07) is -0.124. The van der Waals surface area contributed by atoms with E-state index in [-0.39, 0.29) is 18.5 Å². The zero-order valence-electron chi connectivity index (χ0n) is 9.21. The molecule has 1 aliphatic heterocycles. The summed E-state index contributed by atoms with van der Waals surface area (Å²) < 4.78 is 0. The number of piperidine rings is 1. The third-order valence-corrected chi connectivity index (χ3v) is 2.42. The van der Waals surface area contributed by atoms with Gasteiger partial charge in [0.15, 0.2) is 0 Å². The molecule has 86 valence electrons. The molecule has 0 spiro atoms. The van der Waals surface area contributed by atoms with E-state index in [0.29, 0.717) is 6.54 Å². The van der Waals surface area contributed by atoms with Crippen LogP contribution in [0.5, 0.6) is 0 Å². The second-order valence-corrected chi connectivity index (χ2v) is 3.66. The fraction of sp³-hybridized carbons (Fsp3) is 0.800. The molecule has 1 aliphatic rings. The predicted octanol–water partition coefficient (Wildman–Crippen LogP) is 0.318. The van der Waals surface area contributed by atoms with E-state index in [1.54, 1.807) is 4.90 Å². The van der Waals surface area contributed by atoms with E-state index < -0.39 is 0 Å². The number of carbonyl (C=O) groups excluding carboxylic acids is 2. The maximum absolute atomic E-state index is 11.5. The molecule has 1 saturated heterocycles. The Labute approximate surface area is 90.2 Å². The van der Waals surface area contributed by atoms with Gasteiger partial charge in [0.05, 0.1) is 6.54 Å². The number of hydrogen-bond donors (Lipinski definition) is 2. The van der Waals surface area contributed by atoms with Crippen LogP contribution in [0.3, 0.4) is 0 Å². The number of carbonyl (C=O) groups is 2. The smallest absolute Gasteiger partial charge is 0.317 e. The van der Waals surface area contributed by atoms with E-state index >= 15 is 0 Å². The first-order chi connectivity index (χ1) is 7.24. The van der Waals surface area contributed by atoms with E-state index in [2.05, 4.69) is 10.6 Å². The van der Waals surface area contributed by atoms with Crippen LogP contribution in [0, 0.1) is 0 Å². The molecule has 0 unspecified atom stereocenters. The fourth-order valence-electron chi connectivity index (χ4n) is 1.62. The van der Waals surface area contributed by atoms with E-state index in [4.69, 9.17) is 0 Å². The molecule has 0 aliphatic carbocycles. The van der Waals surface area contributed by atoms with Gasteiger partial charge in [-0.1, -0.05) is 0 Å². The van der Waals surface area contributed by atoms with Crippen molar-refractivity contribution in [3.63, 3.8) is 0 Å². The minimum atomic E-state index is -0.136. The van der Waals surface area contributed by atoms with E-state index in [1.165, 1.54) is 6.42 Å². The van der Waals surface area contributed by atoms with Crippen LogP contribution in [0.2, 0.25) is 0 Å². The molecule has 0 aromatic rings. The molecule has 5 heteroatoms. The third-order valence-electron chi connectivity index (χ3n) is 2.42. The predicted molar refractivity (Wildman–Crippen MR) is 57.5 cm³/mol. The molecule has 1 rings (SSSR count).